The second kappa shape index (κ2) is 13.7. The molecular formula is C31H41N5O2. The maximum Gasteiger partial charge on any atom is 0.256 e. The van der Waals surface area contributed by atoms with Crippen LogP contribution in [0, 0.1) is 0 Å². The number of likely N-dealkylation sites (N-methyl/N-ethyl adjacent to an activating group) is 1. The Morgan fingerprint density at radius 2 is 1.47 bits per heavy atom. The number of nitrogens with zero attached hydrogens (tertiary/aromatic N) is 3. The largest absolute Gasteiger partial charge is 0.353 e. The number of amides is 2. The zero-order valence-electron chi connectivity index (χ0n) is 22.0. The number of hydrazine groups is 1. The van der Waals surface area contributed by atoms with Crippen molar-refractivity contribution in [2.45, 2.75) is 40.4 Å². The van der Waals surface area contributed by atoms with Crippen LogP contribution in [-0.2, 0) is 22.7 Å². The SMILES string of the molecule is C.CC(C)NCCNC(=O)CN(CC(=O)N(C)N1Cc2ccccc2C1)c1cccc(-c2ccccc2)c1. The van der Waals surface area contributed by atoms with Gasteiger partial charge in [0.2, 0.25) is 5.91 Å². The van der Waals surface area contributed by atoms with Crippen LogP contribution < -0.4 is 15.5 Å². The zero-order valence-corrected chi connectivity index (χ0v) is 22.0. The number of hydrogen-bond acceptors (Lipinski definition) is 5. The summed E-state index contributed by atoms with van der Waals surface area (Å²) in [5, 5.41) is 10.0. The Morgan fingerprint density at radius 3 is 2.13 bits per heavy atom. The number of carbonyl (C=O) groups excluding carboxylic acids is 2. The molecule has 2 N–H and O–H groups in total. The van der Waals surface area contributed by atoms with Crippen molar-refractivity contribution >= 4 is 17.5 Å². The van der Waals surface area contributed by atoms with Crippen molar-refractivity contribution in [2.24, 2.45) is 0 Å². The molecule has 0 fully saturated rings. The molecule has 3 aromatic rings. The highest BCUT2D eigenvalue weighted by Crippen LogP contribution is 2.26. The molecule has 1 aliphatic heterocycles. The van der Waals surface area contributed by atoms with Crippen molar-refractivity contribution < 1.29 is 9.59 Å². The highest BCUT2D eigenvalue weighted by Gasteiger charge is 2.26. The summed E-state index contributed by atoms with van der Waals surface area (Å²) in [6, 6.07) is 26.8. The molecule has 0 unspecified atom stereocenters. The fourth-order valence-corrected chi connectivity index (χ4v) is 4.49. The maximum atomic E-state index is 13.4. The smallest absolute Gasteiger partial charge is 0.256 e. The van der Waals surface area contributed by atoms with Crippen LogP contribution in [0.1, 0.15) is 32.4 Å². The first kappa shape index (κ1) is 28.9. The van der Waals surface area contributed by atoms with Crippen LogP contribution in [0.25, 0.3) is 11.1 Å². The molecule has 0 radical (unpaired) electrons. The van der Waals surface area contributed by atoms with Gasteiger partial charge in [0.15, 0.2) is 0 Å². The first-order chi connectivity index (χ1) is 17.9. The fraction of sp³-hybridized carbons (Fsp3) is 0.355. The lowest BCUT2D eigenvalue weighted by molar-refractivity contribution is -0.145. The third-order valence-electron chi connectivity index (χ3n) is 6.59. The van der Waals surface area contributed by atoms with Gasteiger partial charge < -0.3 is 15.5 Å². The van der Waals surface area contributed by atoms with Crippen molar-refractivity contribution in [3.63, 3.8) is 0 Å². The normalized spacial score (nSPS) is 12.5. The summed E-state index contributed by atoms with van der Waals surface area (Å²) in [7, 11) is 1.81. The molecule has 0 aliphatic carbocycles. The van der Waals surface area contributed by atoms with Crippen LogP contribution in [0.4, 0.5) is 5.69 Å². The van der Waals surface area contributed by atoms with Gasteiger partial charge >= 0.3 is 0 Å². The van der Waals surface area contributed by atoms with E-state index < -0.39 is 0 Å². The fourth-order valence-electron chi connectivity index (χ4n) is 4.49. The van der Waals surface area contributed by atoms with Crippen molar-refractivity contribution in [2.75, 3.05) is 38.1 Å². The molecule has 1 aliphatic rings. The third kappa shape index (κ3) is 7.66. The molecule has 0 spiro atoms. The molecule has 0 aromatic heterocycles. The third-order valence-corrected chi connectivity index (χ3v) is 6.59. The molecule has 1 heterocycles. The van der Waals surface area contributed by atoms with Crippen molar-refractivity contribution in [3.05, 3.63) is 90.0 Å². The zero-order chi connectivity index (χ0) is 26.2. The average molecular weight is 516 g/mol. The van der Waals surface area contributed by atoms with E-state index in [1.807, 2.05) is 71.6 Å². The van der Waals surface area contributed by atoms with Gasteiger partial charge in [0.05, 0.1) is 13.1 Å². The van der Waals surface area contributed by atoms with E-state index in [4.69, 9.17) is 0 Å². The van der Waals surface area contributed by atoms with Crippen molar-refractivity contribution in [1.29, 1.82) is 0 Å². The molecule has 7 heteroatoms. The monoisotopic (exact) mass is 515 g/mol. The van der Waals surface area contributed by atoms with Gasteiger partial charge in [-0.25, -0.2) is 5.01 Å². The molecule has 4 rings (SSSR count). The Bertz CT molecular complexity index is 1170. The molecule has 2 amide bonds. The van der Waals surface area contributed by atoms with E-state index in [1.165, 1.54) is 11.1 Å². The number of anilines is 1. The minimum Gasteiger partial charge on any atom is -0.353 e. The molecule has 7 nitrogen and oxygen atoms in total. The van der Waals surface area contributed by atoms with E-state index >= 15 is 0 Å². The molecule has 0 atom stereocenters. The van der Waals surface area contributed by atoms with Gasteiger partial charge in [0, 0.05) is 45.0 Å². The predicted octanol–water partition coefficient (Wildman–Crippen LogP) is 4.30. The highest BCUT2D eigenvalue weighted by atomic mass is 16.2. The van der Waals surface area contributed by atoms with Crippen LogP contribution in [0.5, 0.6) is 0 Å². The molecule has 38 heavy (non-hydrogen) atoms. The number of benzene rings is 3. The lowest BCUT2D eigenvalue weighted by atomic mass is 10.0. The maximum absolute atomic E-state index is 13.4. The molecule has 3 aromatic carbocycles. The summed E-state index contributed by atoms with van der Waals surface area (Å²) in [6.07, 6.45) is 0. The van der Waals surface area contributed by atoms with E-state index in [9.17, 15) is 9.59 Å². The molecule has 0 saturated heterocycles. The summed E-state index contributed by atoms with van der Waals surface area (Å²) in [5.74, 6) is -0.174. The molecule has 0 bridgehead atoms. The minimum absolute atomic E-state index is 0. The van der Waals surface area contributed by atoms with E-state index in [0.29, 0.717) is 32.2 Å². The number of carbonyl (C=O) groups is 2. The Hall–Kier alpha value is -3.68. The van der Waals surface area contributed by atoms with Gasteiger partial charge in [0.25, 0.3) is 5.91 Å². The van der Waals surface area contributed by atoms with E-state index in [0.717, 1.165) is 16.8 Å². The predicted molar refractivity (Wildman–Crippen MR) is 155 cm³/mol. The van der Waals surface area contributed by atoms with Crippen LogP contribution >= 0.6 is 0 Å². The van der Waals surface area contributed by atoms with E-state index in [-0.39, 0.29) is 32.3 Å². The summed E-state index contributed by atoms with van der Waals surface area (Å²) in [6.45, 7) is 6.98. The van der Waals surface area contributed by atoms with Gasteiger partial charge in [-0.3, -0.25) is 14.6 Å². The number of rotatable bonds is 11. The number of fused-ring (bicyclic) bond motifs is 1. The quantitative estimate of drug-likeness (QED) is 0.373. The second-order valence-corrected chi connectivity index (χ2v) is 9.74. The first-order valence-corrected chi connectivity index (χ1v) is 12.9. The summed E-state index contributed by atoms with van der Waals surface area (Å²) >= 11 is 0. The Balaban J connectivity index is 0.00000400. The van der Waals surface area contributed by atoms with Gasteiger partial charge in [-0.15, -0.1) is 0 Å². The van der Waals surface area contributed by atoms with Gasteiger partial charge in [-0.1, -0.05) is 88.0 Å². The summed E-state index contributed by atoms with van der Waals surface area (Å²) in [5.41, 5.74) is 5.45. The Morgan fingerprint density at radius 1 is 0.842 bits per heavy atom. The van der Waals surface area contributed by atoms with Crippen molar-refractivity contribution in [1.82, 2.24) is 20.7 Å². The van der Waals surface area contributed by atoms with Crippen LogP contribution in [0.2, 0.25) is 0 Å². The average Bonchev–Trinajstić information content (AvgIpc) is 3.35. The molecule has 0 saturated carbocycles. The van der Waals surface area contributed by atoms with E-state index in [2.05, 4.69) is 48.7 Å². The Labute approximate surface area is 227 Å². The number of hydrogen-bond donors (Lipinski definition) is 2. The van der Waals surface area contributed by atoms with Crippen molar-refractivity contribution in [3.8, 4) is 11.1 Å². The van der Waals surface area contributed by atoms with Gasteiger partial charge in [-0.05, 0) is 34.4 Å². The van der Waals surface area contributed by atoms with Crippen LogP contribution in [0.15, 0.2) is 78.9 Å². The summed E-state index contributed by atoms with van der Waals surface area (Å²) in [4.78, 5) is 28.2. The topological polar surface area (TPSA) is 67.9 Å². The molecule has 202 valence electrons. The number of nitrogens with one attached hydrogen (secondary N) is 2. The van der Waals surface area contributed by atoms with Gasteiger partial charge in [0.1, 0.15) is 0 Å². The molecular weight excluding hydrogens is 474 g/mol. The highest BCUT2D eigenvalue weighted by molar-refractivity contribution is 5.87. The first-order valence-electron chi connectivity index (χ1n) is 12.9. The lowest BCUT2D eigenvalue weighted by Gasteiger charge is -2.31. The second-order valence-electron chi connectivity index (χ2n) is 9.74. The van der Waals surface area contributed by atoms with Crippen LogP contribution in [-0.4, -0.2) is 61.1 Å². The summed E-state index contributed by atoms with van der Waals surface area (Å²) < 4.78 is 0. The lowest BCUT2D eigenvalue weighted by Crippen LogP contribution is -2.48. The van der Waals surface area contributed by atoms with E-state index in [1.54, 1.807) is 5.01 Å². The van der Waals surface area contributed by atoms with Crippen LogP contribution in [0.3, 0.4) is 0 Å². The standard InChI is InChI=1S/C30H37N5O2.CH4/c1-23(2)31-16-17-32-29(36)21-34(28-15-9-14-25(18-28)24-10-5-4-6-11-24)22-30(37)33(3)35-19-26-12-7-8-13-27(26)20-35;/h4-15,18,23,31H,16-17,19-22H2,1-3H3,(H,32,36);1H4. The minimum atomic E-state index is -0.111. The van der Waals surface area contributed by atoms with Gasteiger partial charge in [-0.2, -0.15) is 0 Å². The Kier molecular flexibility index (Phi) is 10.4.